The number of hydrogen-bond acceptors (Lipinski definition) is 5. The molecule has 0 saturated carbocycles. The van der Waals surface area contributed by atoms with Gasteiger partial charge in [-0.2, -0.15) is 0 Å². The Balaban J connectivity index is -0.000000540. The van der Waals surface area contributed by atoms with Crippen molar-refractivity contribution in [2.45, 2.75) is 50.6 Å². The van der Waals surface area contributed by atoms with Crippen molar-refractivity contribution in [1.82, 2.24) is 5.32 Å². The van der Waals surface area contributed by atoms with E-state index in [1.54, 1.807) is 0 Å². The molecule has 136 valence electrons. The van der Waals surface area contributed by atoms with Gasteiger partial charge in [0.2, 0.25) is 5.91 Å². The van der Waals surface area contributed by atoms with Gasteiger partial charge in [-0.3, -0.25) is 9.59 Å². The lowest BCUT2D eigenvalue weighted by molar-refractivity contribution is -0.138. The predicted octanol–water partition coefficient (Wildman–Crippen LogP) is 0.407. The molecule has 1 amide bonds. The average molecular weight is 384 g/mol. The van der Waals surface area contributed by atoms with Crippen molar-refractivity contribution in [2.75, 3.05) is 13.1 Å². The number of aliphatic carboxylic acids is 1. The van der Waals surface area contributed by atoms with Gasteiger partial charge in [0, 0.05) is 6.54 Å². The summed E-state index contributed by atoms with van der Waals surface area (Å²) >= 11 is 0. The van der Waals surface area contributed by atoms with Gasteiger partial charge in [-0.25, -0.2) is 0 Å². The third-order valence-corrected chi connectivity index (χ3v) is 2.86. The highest BCUT2D eigenvalue weighted by atomic mass is 35.5. The topological polar surface area (TPSA) is 144 Å². The van der Waals surface area contributed by atoms with E-state index in [-0.39, 0.29) is 43.1 Å². The van der Waals surface area contributed by atoms with Crippen molar-refractivity contribution in [3.05, 3.63) is 0 Å². The second kappa shape index (κ2) is 18.7. The van der Waals surface area contributed by atoms with Crippen LogP contribution in [0.25, 0.3) is 0 Å². The van der Waals surface area contributed by atoms with Crippen molar-refractivity contribution in [3.63, 3.8) is 0 Å². The van der Waals surface area contributed by atoms with Crippen LogP contribution in [0.1, 0.15) is 38.5 Å². The molecule has 0 aliphatic rings. The van der Waals surface area contributed by atoms with E-state index in [0.29, 0.717) is 38.8 Å². The van der Waals surface area contributed by atoms with E-state index in [1.807, 2.05) is 0 Å². The molecular formula is C12H29Cl3N4O3. The Kier molecular flexibility index (Phi) is 25.3. The van der Waals surface area contributed by atoms with Crippen molar-refractivity contribution in [1.29, 1.82) is 0 Å². The number of carboxylic acids is 1. The first-order chi connectivity index (χ1) is 8.99. The third kappa shape index (κ3) is 16.1. The van der Waals surface area contributed by atoms with Crippen LogP contribution in [0.15, 0.2) is 0 Å². The fraction of sp³-hybridized carbons (Fsp3) is 0.833. The Morgan fingerprint density at radius 3 is 1.91 bits per heavy atom. The van der Waals surface area contributed by atoms with Crippen LogP contribution in [-0.4, -0.2) is 42.2 Å². The van der Waals surface area contributed by atoms with Gasteiger partial charge < -0.3 is 27.6 Å². The first kappa shape index (κ1) is 29.7. The number of carbonyl (C=O) groups is 2. The zero-order valence-corrected chi connectivity index (χ0v) is 15.0. The molecule has 0 radical (unpaired) electrons. The Bertz CT molecular complexity index is 286. The lowest BCUT2D eigenvalue weighted by Gasteiger charge is -2.12. The minimum absolute atomic E-state index is 0. The highest BCUT2D eigenvalue weighted by molar-refractivity contribution is 5.86. The molecule has 0 spiro atoms. The van der Waals surface area contributed by atoms with E-state index in [2.05, 4.69) is 5.32 Å². The van der Waals surface area contributed by atoms with E-state index in [9.17, 15) is 9.59 Å². The number of carboxylic acid groups (broad SMARTS) is 1. The quantitative estimate of drug-likeness (QED) is 0.327. The maximum atomic E-state index is 11.6. The first-order valence-electron chi connectivity index (χ1n) is 6.70. The van der Waals surface area contributed by atoms with Crippen molar-refractivity contribution in [3.8, 4) is 0 Å². The summed E-state index contributed by atoms with van der Waals surface area (Å²) in [7, 11) is 0. The molecule has 7 nitrogen and oxygen atoms in total. The molecule has 0 heterocycles. The molecule has 0 unspecified atom stereocenters. The van der Waals surface area contributed by atoms with Crippen LogP contribution in [0.4, 0.5) is 0 Å². The minimum atomic E-state index is -0.994. The van der Waals surface area contributed by atoms with Gasteiger partial charge in [0.05, 0.1) is 6.04 Å². The molecule has 8 N–H and O–H groups in total. The molecule has 0 bridgehead atoms. The largest absolute Gasteiger partial charge is 0.480 e. The monoisotopic (exact) mass is 382 g/mol. The summed E-state index contributed by atoms with van der Waals surface area (Å²) < 4.78 is 0. The summed E-state index contributed by atoms with van der Waals surface area (Å²) in [6.07, 6.45) is 4.12. The summed E-state index contributed by atoms with van der Waals surface area (Å²) in [5.41, 5.74) is 16.4. The highest BCUT2D eigenvalue weighted by Crippen LogP contribution is 2.00. The van der Waals surface area contributed by atoms with Crippen molar-refractivity contribution >= 4 is 49.1 Å². The molecule has 22 heavy (non-hydrogen) atoms. The molecule has 0 aliphatic heterocycles. The highest BCUT2D eigenvalue weighted by Gasteiger charge is 2.13. The zero-order valence-electron chi connectivity index (χ0n) is 12.5. The Morgan fingerprint density at radius 2 is 1.41 bits per heavy atom. The third-order valence-electron chi connectivity index (χ3n) is 2.86. The normalized spacial score (nSPS) is 12.0. The number of nitrogens with two attached hydrogens (primary N) is 3. The number of unbranched alkanes of at least 4 members (excludes halogenated alkanes) is 2. The fourth-order valence-corrected chi connectivity index (χ4v) is 1.60. The smallest absolute Gasteiger partial charge is 0.320 e. The number of nitrogens with one attached hydrogen (secondary N) is 1. The van der Waals surface area contributed by atoms with E-state index in [1.165, 1.54) is 0 Å². The van der Waals surface area contributed by atoms with Crippen LogP contribution >= 0.6 is 37.2 Å². The summed E-state index contributed by atoms with van der Waals surface area (Å²) in [5.74, 6) is -1.16. The number of hydrogen-bond donors (Lipinski definition) is 5. The van der Waals surface area contributed by atoms with Gasteiger partial charge in [0.15, 0.2) is 0 Å². The summed E-state index contributed by atoms with van der Waals surface area (Å²) in [6.45, 7) is 1.11. The van der Waals surface area contributed by atoms with Gasteiger partial charge in [-0.05, 0) is 38.6 Å². The van der Waals surface area contributed by atoms with Crippen LogP contribution in [0, 0.1) is 0 Å². The number of halogens is 3. The minimum Gasteiger partial charge on any atom is -0.480 e. The van der Waals surface area contributed by atoms with Gasteiger partial charge >= 0.3 is 5.97 Å². The molecular weight excluding hydrogens is 355 g/mol. The molecule has 0 fully saturated rings. The van der Waals surface area contributed by atoms with Gasteiger partial charge in [-0.15, -0.1) is 37.2 Å². The predicted molar refractivity (Wildman–Crippen MR) is 95.1 cm³/mol. The number of rotatable bonds is 11. The summed E-state index contributed by atoms with van der Waals surface area (Å²) in [6, 6.07) is -1.32. The second-order valence-corrected chi connectivity index (χ2v) is 4.62. The standard InChI is InChI=1S/C12H26N4O3.3ClH/c13-7-3-1-5-9(14)11(17)16-8-4-2-6-10(15)12(18)19;;;/h9-10H,1-8,13-15H2,(H,16,17)(H,18,19);3*1H/t9-,10-;;;/m0.../s1. The average Bonchev–Trinajstić information content (AvgIpc) is 2.37. The Morgan fingerprint density at radius 1 is 0.909 bits per heavy atom. The van der Waals surface area contributed by atoms with Crippen LogP contribution in [0.5, 0.6) is 0 Å². The number of amides is 1. The lowest BCUT2D eigenvalue weighted by atomic mass is 10.1. The van der Waals surface area contributed by atoms with Crippen LogP contribution in [0.3, 0.4) is 0 Å². The van der Waals surface area contributed by atoms with E-state index < -0.39 is 18.1 Å². The second-order valence-electron chi connectivity index (χ2n) is 4.62. The molecule has 0 aromatic heterocycles. The van der Waals surface area contributed by atoms with Gasteiger partial charge in [0.25, 0.3) is 0 Å². The van der Waals surface area contributed by atoms with E-state index in [4.69, 9.17) is 22.3 Å². The first-order valence-corrected chi connectivity index (χ1v) is 6.70. The van der Waals surface area contributed by atoms with Gasteiger partial charge in [0.1, 0.15) is 6.04 Å². The van der Waals surface area contributed by atoms with Crippen LogP contribution in [0.2, 0.25) is 0 Å². The fourth-order valence-electron chi connectivity index (χ4n) is 1.60. The number of carbonyl (C=O) groups excluding carboxylic acids is 1. The van der Waals surface area contributed by atoms with Crippen molar-refractivity contribution in [2.24, 2.45) is 17.2 Å². The zero-order chi connectivity index (χ0) is 14.7. The van der Waals surface area contributed by atoms with Gasteiger partial charge in [-0.1, -0.05) is 6.42 Å². The molecule has 2 atom stereocenters. The summed E-state index contributed by atoms with van der Waals surface area (Å²) in [5, 5.41) is 11.3. The molecule has 10 heteroatoms. The molecule has 0 saturated heterocycles. The van der Waals surface area contributed by atoms with Crippen LogP contribution < -0.4 is 22.5 Å². The van der Waals surface area contributed by atoms with E-state index >= 15 is 0 Å². The molecule has 0 aromatic rings. The van der Waals surface area contributed by atoms with Crippen LogP contribution in [-0.2, 0) is 9.59 Å². The van der Waals surface area contributed by atoms with E-state index in [0.717, 1.165) is 12.8 Å². The summed E-state index contributed by atoms with van der Waals surface area (Å²) in [4.78, 5) is 22.0. The molecule has 0 aromatic carbocycles. The molecule has 0 rings (SSSR count). The maximum absolute atomic E-state index is 11.6. The molecule has 0 aliphatic carbocycles. The Labute approximate surface area is 150 Å². The SMILES string of the molecule is Cl.Cl.Cl.NCCCC[C@H](N)C(=O)NCCCC[C@H](N)C(=O)O. The van der Waals surface area contributed by atoms with Crippen molar-refractivity contribution < 1.29 is 14.7 Å². The lowest BCUT2D eigenvalue weighted by Crippen LogP contribution is -2.41. The Hall–Kier alpha value is -0.310. The maximum Gasteiger partial charge on any atom is 0.320 e.